The number of nitrogens with one attached hydrogen (secondary N) is 1. The molecule has 1 amide bonds. The Labute approximate surface area is 204 Å². The molecule has 0 aliphatic carbocycles. The van der Waals surface area contributed by atoms with Crippen LogP contribution in [0.2, 0.25) is 0 Å². The highest BCUT2D eigenvalue weighted by atomic mass is 16.1. The van der Waals surface area contributed by atoms with Gasteiger partial charge in [0, 0.05) is 36.5 Å². The molecule has 0 saturated carbocycles. The molecule has 0 radical (unpaired) electrons. The van der Waals surface area contributed by atoms with Gasteiger partial charge in [-0.2, -0.15) is 10.2 Å². The maximum absolute atomic E-state index is 13.0. The fourth-order valence-electron chi connectivity index (χ4n) is 4.60. The lowest BCUT2D eigenvalue weighted by molar-refractivity contribution is 0.0949. The molecule has 8 heteroatoms. The average molecular weight is 471 g/mol. The SMILES string of the molecule is CC(C)n1nc(-c2c(-c3ccccc3)nn3ccc(C(=O)NCCN4CCCC4)cc23)ccc1=O. The number of likely N-dealkylation sites (tertiary alicyclic amines) is 1. The summed E-state index contributed by atoms with van der Waals surface area (Å²) in [5.41, 5.74) is 4.29. The van der Waals surface area contributed by atoms with Gasteiger partial charge in [0.05, 0.1) is 22.8 Å². The molecule has 180 valence electrons. The summed E-state index contributed by atoms with van der Waals surface area (Å²) in [5.74, 6) is -0.111. The minimum absolute atomic E-state index is 0.0820. The van der Waals surface area contributed by atoms with Crippen molar-refractivity contribution in [2.45, 2.75) is 32.7 Å². The van der Waals surface area contributed by atoms with Gasteiger partial charge in [-0.3, -0.25) is 9.59 Å². The predicted molar refractivity (Wildman–Crippen MR) is 137 cm³/mol. The molecule has 0 bridgehead atoms. The molecular weight excluding hydrogens is 440 g/mol. The van der Waals surface area contributed by atoms with Crippen molar-refractivity contribution < 1.29 is 4.79 Å². The summed E-state index contributed by atoms with van der Waals surface area (Å²) < 4.78 is 3.24. The molecule has 1 saturated heterocycles. The van der Waals surface area contributed by atoms with E-state index >= 15 is 0 Å². The largest absolute Gasteiger partial charge is 0.351 e. The van der Waals surface area contributed by atoms with Gasteiger partial charge in [-0.1, -0.05) is 30.3 Å². The van der Waals surface area contributed by atoms with Crippen molar-refractivity contribution in [3.05, 3.63) is 76.7 Å². The zero-order valence-electron chi connectivity index (χ0n) is 20.1. The summed E-state index contributed by atoms with van der Waals surface area (Å²) in [6.45, 7) is 7.55. The van der Waals surface area contributed by atoms with E-state index in [4.69, 9.17) is 5.10 Å². The van der Waals surface area contributed by atoms with Crippen molar-refractivity contribution in [3.63, 3.8) is 0 Å². The smallest absolute Gasteiger partial charge is 0.267 e. The van der Waals surface area contributed by atoms with Gasteiger partial charge in [-0.05, 0) is 58.0 Å². The van der Waals surface area contributed by atoms with E-state index in [0.29, 0.717) is 17.8 Å². The summed E-state index contributed by atoms with van der Waals surface area (Å²) in [7, 11) is 0. The normalized spacial score (nSPS) is 14.1. The van der Waals surface area contributed by atoms with E-state index in [9.17, 15) is 9.59 Å². The summed E-state index contributed by atoms with van der Waals surface area (Å²) in [6, 6.07) is 16.7. The van der Waals surface area contributed by atoms with Gasteiger partial charge in [0.2, 0.25) is 0 Å². The van der Waals surface area contributed by atoms with E-state index in [1.807, 2.05) is 50.2 Å². The minimum atomic E-state index is -0.153. The lowest BCUT2D eigenvalue weighted by Gasteiger charge is -2.14. The lowest BCUT2D eigenvalue weighted by Crippen LogP contribution is -2.33. The number of carbonyl (C=O) groups is 1. The molecule has 4 aromatic rings. The van der Waals surface area contributed by atoms with Crippen molar-refractivity contribution in [2.75, 3.05) is 26.2 Å². The molecule has 3 aromatic heterocycles. The number of aromatic nitrogens is 4. The molecule has 8 nitrogen and oxygen atoms in total. The van der Waals surface area contributed by atoms with E-state index in [-0.39, 0.29) is 17.5 Å². The summed E-state index contributed by atoms with van der Waals surface area (Å²) >= 11 is 0. The monoisotopic (exact) mass is 470 g/mol. The summed E-state index contributed by atoms with van der Waals surface area (Å²) in [5, 5.41) is 12.5. The Morgan fingerprint density at radius 1 is 1.03 bits per heavy atom. The Morgan fingerprint density at radius 3 is 2.54 bits per heavy atom. The molecule has 1 aliphatic heterocycles. The molecule has 35 heavy (non-hydrogen) atoms. The van der Waals surface area contributed by atoms with Crippen LogP contribution in [0.5, 0.6) is 0 Å². The Morgan fingerprint density at radius 2 is 1.80 bits per heavy atom. The van der Waals surface area contributed by atoms with E-state index < -0.39 is 0 Å². The van der Waals surface area contributed by atoms with Crippen molar-refractivity contribution in [2.24, 2.45) is 0 Å². The van der Waals surface area contributed by atoms with Gasteiger partial charge in [0.25, 0.3) is 11.5 Å². The topological polar surface area (TPSA) is 84.5 Å². The van der Waals surface area contributed by atoms with Crippen molar-refractivity contribution >= 4 is 11.4 Å². The molecule has 0 atom stereocenters. The zero-order chi connectivity index (χ0) is 24.4. The molecular formula is C27H30N6O2. The van der Waals surface area contributed by atoms with Crippen LogP contribution in [0.25, 0.3) is 28.0 Å². The molecule has 5 rings (SSSR count). The third-order valence-corrected chi connectivity index (χ3v) is 6.43. The minimum Gasteiger partial charge on any atom is -0.351 e. The third-order valence-electron chi connectivity index (χ3n) is 6.43. The molecule has 1 aliphatic rings. The second kappa shape index (κ2) is 9.84. The first-order valence-electron chi connectivity index (χ1n) is 12.2. The van der Waals surface area contributed by atoms with Gasteiger partial charge in [0.15, 0.2) is 0 Å². The highest BCUT2D eigenvalue weighted by Crippen LogP contribution is 2.34. The molecule has 0 unspecified atom stereocenters. The highest BCUT2D eigenvalue weighted by Gasteiger charge is 2.20. The maximum atomic E-state index is 13.0. The maximum Gasteiger partial charge on any atom is 0.267 e. The van der Waals surface area contributed by atoms with Gasteiger partial charge >= 0.3 is 0 Å². The first-order valence-corrected chi connectivity index (χ1v) is 12.2. The van der Waals surface area contributed by atoms with Crippen LogP contribution in [-0.2, 0) is 0 Å². The fourth-order valence-corrected chi connectivity index (χ4v) is 4.60. The van der Waals surface area contributed by atoms with Gasteiger partial charge < -0.3 is 10.2 Å². The Hall–Kier alpha value is -3.78. The molecule has 1 N–H and O–H groups in total. The standard InChI is InChI=1S/C27H30N6O2/c1-19(2)33-24(34)11-10-22(29-33)25-23-18-21(27(35)28-13-17-31-14-6-7-15-31)12-16-32(23)30-26(25)20-8-4-3-5-9-20/h3-5,8-12,16,18-19H,6-7,13-15,17H2,1-2H3,(H,28,35). The average Bonchev–Trinajstić information content (AvgIpc) is 3.52. The molecule has 0 spiro atoms. The van der Waals surface area contributed by atoms with E-state index in [1.54, 1.807) is 22.8 Å². The van der Waals surface area contributed by atoms with E-state index in [0.717, 1.165) is 42.0 Å². The van der Waals surface area contributed by atoms with Gasteiger partial charge in [-0.25, -0.2) is 9.20 Å². The fraction of sp³-hybridized carbons (Fsp3) is 0.333. The van der Waals surface area contributed by atoms with Crippen LogP contribution >= 0.6 is 0 Å². The second-order valence-electron chi connectivity index (χ2n) is 9.23. The number of rotatable bonds is 7. The Balaban J connectivity index is 1.56. The van der Waals surface area contributed by atoms with Crippen molar-refractivity contribution in [3.8, 4) is 22.5 Å². The molecule has 1 aromatic carbocycles. The number of amides is 1. The van der Waals surface area contributed by atoms with Crippen LogP contribution in [0.3, 0.4) is 0 Å². The second-order valence-corrected chi connectivity index (χ2v) is 9.23. The molecule has 4 heterocycles. The number of carbonyl (C=O) groups excluding carboxylic acids is 1. The van der Waals surface area contributed by atoms with E-state index in [1.165, 1.54) is 23.6 Å². The zero-order valence-corrected chi connectivity index (χ0v) is 20.1. The summed E-state index contributed by atoms with van der Waals surface area (Å²) in [6.07, 6.45) is 4.27. The van der Waals surface area contributed by atoms with Crippen molar-refractivity contribution in [1.29, 1.82) is 0 Å². The Kier molecular flexibility index (Phi) is 6.46. The number of pyridine rings is 1. The lowest BCUT2D eigenvalue weighted by atomic mass is 10.0. The van der Waals surface area contributed by atoms with E-state index in [2.05, 4.69) is 15.3 Å². The van der Waals surface area contributed by atoms with Crippen LogP contribution in [0.1, 0.15) is 43.1 Å². The number of hydrogen-bond donors (Lipinski definition) is 1. The quantitative estimate of drug-likeness (QED) is 0.446. The first kappa shape index (κ1) is 23.0. The number of nitrogens with zero attached hydrogens (tertiary/aromatic N) is 5. The van der Waals surface area contributed by atoms with Crippen LogP contribution < -0.4 is 10.9 Å². The van der Waals surface area contributed by atoms with Gasteiger partial charge in [0.1, 0.15) is 5.69 Å². The van der Waals surface area contributed by atoms with Gasteiger partial charge in [-0.15, -0.1) is 0 Å². The Bertz CT molecular complexity index is 1400. The highest BCUT2D eigenvalue weighted by molar-refractivity contribution is 5.98. The number of hydrogen-bond acceptors (Lipinski definition) is 5. The third kappa shape index (κ3) is 4.74. The molecule has 1 fully saturated rings. The number of benzene rings is 1. The van der Waals surface area contributed by atoms with Crippen LogP contribution in [0, 0.1) is 0 Å². The summed E-state index contributed by atoms with van der Waals surface area (Å²) in [4.78, 5) is 27.7. The van der Waals surface area contributed by atoms with Crippen LogP contribution in [-0.4, -0.2) is 56.4 Å². The van der Waals surface area contributed by atoms with Crippen LogP contribution in [0.15, 0.2) is 65.6 Å². The first-order chi connectivity index (χ1) is 17.0. The van der Waals surface area contributed by atoms with Crippen LogP contribution in [0.4, 0.5) is 0 Å². The number of fused-ring (bicyclic) bond motifs is 1. The van der Waals surface area contributed by atoms with Crippen molar-refractivity contribution in [1.82, 2.24) is 29.6 Å². The predicted octanol–water partition coefficient (Wildman–Crippen LogP) is 3.63.